The second kappa shape index (κ2) is 6.95. The van der Waals surface area contributed by atoms with Crippen LogP contribution in [-0.2, 0) is 0 Å². The van der Waals surface area contributed by atoms with Crippen molar-refractivity contribution in [3.05, 3.63) is 36.4 Å². The highest BCUT2D eigenvalue weighted by atomic mass is 32.2. The Balaban J connectivity index is 0.000000561. The van der Waals surface area contributed by atoms with Crippen LogP contribution in [0.15, 0.2) is 35.7 Å². The molecular weight excluding hydrogens is 166 g/mol. The summed E-state index contributed by atoms with van der Waals surface area (Å²) >= 11 is 1.75. The highest BCUT2D eigenvalue weighted by molar-refractivity contribution is 7.98. The predicted octanol–water partition coefficient (Wildman–Crippen LogP) is 2.63. The highest BCUT2D eigenvalue weighted by Crippen LogP contribution is 2.15. The number of rotatable bonds is 2. The third-order valence-electron chi connectivity index (χ3n) is 1.33. The van der Waals surface area contributed by atoms with Gasteiger partial charge in [-0.15, -0.1) is 11.8 Å². The van der Waals surface area contributed by atoms with Crippen molar-refractivity contribution in [2.24, 2.45) is 5.73 Å². The normalized spacial score (nSPS) is 8.25. The number of thioether (sulfide) groups is 1. The maximum absolute atomic E-state index is 4.50. The lowest BCUT2D eigenvalue weighted by Crippen LogP contribution is -1.71. The summed E-state index contributed by atoms with van der Waals surface area (Å²) in [5.41, 5.74) is 5.69. The van der Waals surface area contributed by atoms with E-state index in [1.807, 2.05) is 18.2 Å². The molecule has 1 rings (SSSR count). The maximum Gasteiger partial charge on any atom is 0.00750 e. The molecule has 0 aliphatic heterocycles. The van der Waals surface area contributed by atoms with Crippen molar-refractivity contribution < 1.29 is 0 Å². The van der Waals surface area contributed by atoms with Gasteiger partial charge in [-0.05, 0) is 31.0 Å². The molecule has 0 unspecified atom stereocenters. The van der Waals surface area contributed by atoms with E-state index in [-0.39, 0.29) is 0 Å². The minimum atomic E-state index is 1.19. The van der Waals surface area contributed by atoms with Gasteiger partial charge in [-0.25, -0.2) is 0 Å². The number of hydrogen-bond donors (Lipinski definition) is 1. The summed E-state index contributed by atoms with van der Waals surface area (Å²) in [6.45, 7) is 3.70. The van der Waals surface area contributed by atoms with Gasteiger partial charge in [-0.3, -0.25) is 0 Å². The van der Waals surface area contributed by atoms with Gasteiger partial charge in [-0.2, -0.15) is 0 Å². The molecule has 0 bridgehead atoms. The molecule has 2 N–H and O–H groups in total. The van der Waals surface area contributed by atoms with Crippen LogP contribution in [0.5, 0.6) is 0 Å². The van der Waals surface area contributed by atoms with Crippen LogP contribution in [0, 0.1) is 0 Å². The smallest absolute Gasteiger partial charge is 0.00750 e. The molecule has 0 aliphatic carbocycles. The molecule has 0 aromatic heterocycles. The largest absolute Gasteiger partial charge is 0.333 e. The molecule has 1 nitrogen and oxygen atoms in total. The van der Waals surface area contributed by atoms with Gasteiger partial charge in [0.1, 0.15) is 0 Å². The highest BCUT2D eigenvalue weighted by Gasteiger charge is 1.88. The van der Waals surface area contributed by atoms with Crippen LogP contribution in [0.4, 0.5) is 0 Å². The van der Waals surface area contributed by atoms with Crippen LogP contribution in [-0.4, -0.2) is 13.3 Å². The fourth-order valence-corrected chi connectivity index (χ4v) is 1.24. The van der Waals surface area contributed by atoms with Crippen LogP contribution in [0.25, 0.3) is 6.08 Å². The third-order valence-corrected chi connectivity index (χ3v) is 2.05. The molecule has 0 saturated heterocycles. The summed E-state index contributed by atoms with van der Waals surface area (Å²) < 4.78 is 0. The molecule has 0 fully saturated rings. The monoisotopic (exact) mass is 181 g/mol. The zero-order chi connectivity index (χ0) is 9.40. The molecule has 12 heavy (non-hydrogen) atoms. The first-order valence-electron chi connectivity index (χ1n) is 3.71. The number of benzene rings is 1. The number of hydrogen-bond acceptors (Lipinski definition) is 2. The molecule has 0 amide bonds. The van der Waals surface area contributed by atoms with Crippen molar-refractivity contribution in [2.75, 3.05) is 13.3 Å². The van der Waals surface area contributed by atoms with Crippen molar-refractivity contribution in [1.29, 1.82) is 0 Å². The van der Waals surface area contributed by atoms with Gasteiger partial charge in [0.15, 0.2) is 0 Å². The van der Waals surface area contributed by atoms with Crippen LogP contribution in [0.2, 0.25) is 0 Å². The Morgan fingerprint density at radius 1 is 1.42 bits per heavy atom. The molecule has 0 saturated carbocycles. The topological polar surface area (TPSA) is 26.0 Å². The van der Waals surface area contributed by atoms with E-state index in [4.69, 9.17) is 0 Å². The summed E-state index contributed by atoms with van der Waals surface area (Å²) in [6, 6.07) is 8.31. The van der Waals surface area contributed by atoms with Crippen LogP contribution in [0.1, 0.15) is 5.56 Å². The fourth-order valence-electron chi connectivity index (χ4n) is 0.768. The summed E-state index contributed by atoms with van der Waals surface area (Å²) in [5, 5.41) is 0. The van der Waals surface area contributed by atoms with Crippen molar-refractivity contribution in [3.63, 3.8) is 0 Å². The standard InChI is InChI=1S/C9H10S.CH5N/c1-3-8-5-4-6-9(7-8)10-2;1-2/h3-7H,1H2,2H3;2H2,1H3. The van der Waals surface area contributed by atoms with E-state index >= 15 is 0 Å². The molecule has 0 spiro atoms. The lowest BCUT2D eigenvalue weighted by Gasteiger charge is -1.95. The Bertz CT molecular complexity index is 233. The third kappa shape index (κ3) is 3.60. The fraction of sp³-hybridized carbons (Fsp3) is 0.200. The average molecular weight is 181 g/mol. The molecule has 66 valence electrons. The Hall–Kier alpha value is -0.730. The molecule has 1 aromatic rings. The summed E-state index contributed by atoms with van der Waals surface area (Å²) in [5.74, 6) is 0. The van der Waals surface area contributed by atoms with Crippen LogP contribution < -0.4 is 5.73 Å². The minimum Gasteiger partial charge on any atom is -0.333 e. The Morgan fingerprint density at radius 3 is 2.58 bits per heavy atom. The van der Waals surface area contributed by atoms with Gasteiger partial charge in [0, 0.05) is 4.90 Å². The van der Waals surface area contributed by atoms with Crippen molar-refractivity contribution >= 4 is 17.8 Å². The Labute approximate surface area is 78.7 Å². The predicted molar refractivity (Wildman–Crippen MR) is 58.4 cm³/mol. The Kier molecular flexibility index (Phi) is 6.53. The second-order valence-electron chi connectivity index (χ2n) is 1.98. The first kappa shape index (κ1) is 11.3. The number of nitrogens with two attached hydrogens (primary N) is 1. The van der Waals surface area contributed by atoms with Gasteiger partial charge in [0.05, 0.1) is 0 Å². The lowest BCUT2D eigenvalue weighted by atomic mass is 10.2. The first-order valence-corrected chi connectivity index (χ1v) is 4.93. The Morgan fingerprint density at radius 2 is 2.08 bits per heavy atom. The summed E-state index contributed by atoms with van der Waals surface area (Å²) in [6.07, 6.45) is 3.93. The molecule has 0 heterocycles. The van der Waals surface area contributed by atoms with E-state index in [0.717, 1.165) is 0 Å². The maximum atomic E-state index is 4.50. The zero-order valence-electron chi connectivity index (χ0n) is 7.58. The summed E-state index contributed by atoms with van der Waals surface area (Å²) in [4.78, 5) is 1.29. The molecular formula is C10H15NS. The minimum absolute atomic E-state index is 1.19. The van der Waals surface area contributed by atoms with Gasteiger partial charge in [-0.1, -0.05) is 24.8 Å². The molecule has 0 radical (unpaired) electrons. The molecule has 0 atom stereocenters. The van der Waals surface area contributed by atoms with E-state index in [1.54, 1.807) is 11.8 Å². The van der Waals surface area contributed by atoms with Crippen LogP contribution >= 0.6 is 11.8 Å². The quantitative estimate of drug-likeness (QED) is 0.710. The lowest BCUT2D eigenvalue weighted by molar-refractivity contribution is 1.45. The van der Waals surface area contributed by atoms with Crippen LogP contribution in [0.3, 0.4) is 0 Å². The molecule has 0 aliphatic rings. The van der Waals surface area contributed by atoms with Crippen molar-refractivity contribution in [2.45, 2.75) is 4.90 Å². The van der Waals surface area contributed by atoms with Gasteiger partial charge < -0.3 is 5.73 Å². The molecule has 2 heteroatoms. The van der Waals surface area contributed by atoms with E-state index in [2.05, 4.69) is 30.7 Å². The first-order chi connectivity index (χ1) is 5.86. The van der Waals surface area contributed by atoms with Gasteiger partial charge >= 0.3 is 0 Å². The second-order valence-corrected chi connectivity index (χ2v) is 2.86. The zero-order valence-corrected chi connectivity index (χ0v) is 8.40. The SMILES string of the molecule is C=Cc1cccc(SC)c1.CN. The van der Waals surface area contributed by atoms with E-state index < -0.39 is 0 Å². The van der Waals surface area contributed by atoms with Gasteiger partial charge in [0.25, 0.3) is 0 Å². The molecule has 1 aromatic carbocycles. The van der Waals surface area contributed by atoms with Crippen molar-refractivity contribution in [1.82, 2.24) is 0 Å². The van der Waals surface area contributed by atoms with E-state index in [0.29, 0.717) is 0 Å². The van der Waals surface area contributed by atoms with E-state index in [1.165, 1.54) is 17.5 Å². The van der Waals surface area contributed by atoms with Gasteiger partial charge in [0.2, 0.25) is 0 Å². The average Bonchev–Trinajstić information content (AvgIpc) is 2.21. The van der Waals surface area contributed by atoms with Crippen molar-refractivity contribution in [3.8, 4) is 0 Å². The van der Waals surface area contributed by atoms with E-state index in [9.17, 15) is 0 Å². The summed E-state index contributed by atoms with van der Waals surface area (Å²) in [7, 11) is 1.50.